The molecule has 2 N–H and O–H groups in total. The van der Waals surface area contributed by atoms with Crippen molar-refractivity contribution in [2.24, 2.45) is 5.92 Å². The zero-order chi connectivity index (χ0) is 24.1. The molecule has 3 unspecified atom stereocenters. The van der Waals surface area contributed by atoms with Crippen molar-refractivity contribution in [1.82, 2.24) is 10.6 Å². The lowest BCUT2D eigenvalue weighted by Gasteiger charge is -2.39. The summed E-state index contributed by atoms with van der Waals surface area (Å²) in [6, 6.07) is 12.8. The highest BCUT2D eigenvalue weighted by Crippen LogP contribution is 2.32. The van der Waals surface area contributed by atoms with Crippen LogP contribution in [0.1, 0.15) is 30.4 Å². The molecule has 2 aliphatic rings. The molecule has 1 aliphatic carbocycles. The number of nitrogens with one attached hydrogen (secondary N) is 2. The van der Waals surface area contributed by atoms with Crippen LogP contribution in [0.3, 0.4) is 0 Å². The molecule has 180 valence electrons. The number of ether oxygens (including phenoxy) is 3. The molecular formula is C26H29ClN2O5. The predicted octanol–water partition coefficient (Wildman–Crippen LogP) is 3.74. The van der Waals surface area contributed by atoms with Crippen LogP contribution >= 0.6 is 11.6 Å². The van der Waals surface area contributed by atoms with Gasteiger partial charge in [0.15, 0.2) is 17.3 Å². The van der Waals surface area contributed by atoms with Gasteiger partial charge in [0.1, 0.15) is 6.10 Å². The van der Waals surface area contributed by atoms with Gasteiger partial charge in [-0.3, -0.25) is 9.59 Å². The summed E-state index contributed by atoms with van der Waals surface area (Å²) in [5.41, 5.74) is 1.78. The van der Waals surface area contributed by atoms with Crippen LogP contribution in [0, 0.1) is 5.92 Å². The molecule has 2 amide bonds. The van der Waals surface area contributed by atoms with Gasteiger partial charge in [-0.05, 0) is 61.1 Å². The minimum Gasteiger partial charge on any atom is -0.493 e. The topological polar surface area (TPSA) is 85.9 Å². The summed E-state index contributed by atoms with van der Waals surface area (Å²) < 4.78 is 16.6. The van der Waals surface area contributed by atoms with Crippen molar-refractivity contribution in [1.29, 1.82) is 0 Å². The largest absolute Gasteiger partial charge is 0.493 e. The number of halogens is 1. The Morgan fingerprint density at radius 1 is 1.18 bits per heavy atom. The number of rotatable bonds is 7. The number of hydrogen-bond acceptors (Lipinski definition) is 5. The van der Waals surface area contributed by atoms with E-state index in [-0.39, 0.29) is 35.6 Å². The fourth-order valence-corrected chi connectivity index (χ4v) is 4.66. The lowest BCUT2D eigenvalue weighted by atomic mass is 9.82. The second-order valence-electron chi connectivity index (χ2n) is 8.51. The van der Waals surface area contributed by atoms with Crippen LogP contribution in [0.4, 0.5) is 0 Å². The van der Waals surface area contributed by atoms with Gasteiger partial charge in [-0.2, -0.15) is 0 Å². The Kier molecular flexibility index (Phi) is 7.63. The van der Waals surface area contributed by atoms with Crippen molar-refractivity contribution in [3.8, 4) is 11.5 Å². The molecule has 1 saturated heterocycles. The van der Waals surface area contributed by atoms with E-state index in [0.29, 0.717) is 48.7 Å². The Hall–Kier alpha value is -3.19. The Balaban J connectivity index is 1.29. The van der Waals surface area contributed by atoms with Crippen molar-refractivity contribution >= 4 is 29.5 Å². The molecule has 7 nitrogen and oxygen atoms in total. The first-order valence-corrected chi connectivity index (χ1v) is 11.8. The maximum Gasteiger partial charge on any atom is 0.286 e. The number of carbonyl (C=O) groups is 2. The Bertz CT molecular complexity index is 1090. The fourth-order valence-electron chi connectivity index (χ4n) is 4.47. The highest BCUT2D eigenvalue weighted by atomic mass is 35.5. The third kappa shape index (κ3) is 5.47. The molecule has 0 radical (unpaired) electrons. The minimum atomic E-state index is -0.282. The van der Waals surface area contributed by atoms with Gasteiger partial charge in [0.25, 0.3) is 5.91 Å². The molecule has 0 aromatic heterocycles. The first kappa shape index (κ1) is 24.0. The SMILES string of the molecule is COc1ccc(CCNC(=O)C2CCC3O/C(=C\c4ccccc4Cl)C(=O)NC3C2)cc1OC. The summed E-state index contributed by atoms with van der Waals surface area (Å²) in [5.74, 6) is 1.16. The van der Waals surface area contributed by atoms with E-state index in [9.17, 15) is 9.59 Å². The maximum absolute atomic E-state index is 12.8. The Morgan fingerprint density at radius 2 is 1.97 bits per heavy atom. The fraction of sp³-hybridized carbons (Fsp3) is 0.385. The third-order valence-corrected chi connectivity index (χ3v) is 6.67. The average molecular weight is 485 g/mol. The zero-order valence-corrected chi connectivity index (χ0v) is 20.1. The molecule has 0 spiro atoms. The maximum atomic E-state index is 12.8. The molecule has 8 heteroatoms. The van der Waals surface area contributed by atoms with Gasteiger partial charge in [-0.25, -0.2) is 0 Å². The number of methoxy groups -OCH3 is 2. The van der Waals surface area contributed by atoms with E-state index in [0.717, 1.165) is 11.1 Å². The average Bonchev–Trinajstić information content (AvgIpc) is 2.85. The first-order chi connectivity index (χ1) is 16.5. The quantitative estimate of drug-likeness (QED) is 0.585. The number of amides is 2. The Labute approximate surface area is 204 Å². The summed E-state index contributed by atoms with van der Waals surface area (Å²) in [6.07, 6.45) is 4.15. The molecule has 2 aromatic rings. The van der Waals surface area contributed by atoms with Crippen molar-refractivity contribution in [3.63, 3.8) is 0 Å². The molecule has 1 saturated carbocycles. The van der Waals surface area contributed by atoms with Gasteiger partial charge in [0.2, 0.25) is 5.91 Å². The van der Waals surface area contributed by atoms with Gasteiger partial charge < -0.3 is 24.8 Å². The van der Waals surface area contributed by atoms with Crippen LogP contribution in [0.15, 0.2) is 48.2 Å². The molecule has 2 fully saturated rings. The third-order valence-electron chi connectivity index (χ3n) is 6.33. The number of morpholine rings is 1. The minimum absolute atomic E-state index is 0.00517. The van der Waals surface area contributed by atoms with E-state index in [1.54, 1.807) is 26.4 Å². The van der Waals surface area contributed by atoms with Crippen LogP contribution in [0.2, 0.25) is 5.02 Å². The summed E-state index contributed by atoms with van der Waals surface area (Å²) in [6.45, 7) is 0.520. The molecule has 4 rings (SSSR count). The molecular weight excluding hydrogens is 456 g/mol. The van der Waals surface area contributed by atoms with Crippen LogP contribution in [-0.2, 0) is 20.7 Å². The van der Waals surface area contributed by atoms with Gasteiger partial charge >= 0.3 is 0 Å². The van der Waals surface area contributed by atoms with Gasteiger partial charge in [0.05, 0.1) is 20.3 Å². The summed E-state index contributed by atoms with van der Waals surface area (Å²) in [7, 11) is 3.20. The lowest BCUT2D eigenvalue weighted by molar-refractivity contribution is -0.134. The lowest BCUT2D eigenvalue weighted by Crippen LogP contribution is -2.54. The highest BCUT2D eigenvalue weighted by Gasteiger charge is 2.40. The number of fused-ring (bicyclic) bond motifs is 1. The van der Waals surface area contributed by atoms with E-state index in [2.05, 4.69) is 10.6 Å². The monoisotopic (exact) mass is 484 g/mol. The number of carbonyl (C=O) groups excluding carboxylic acids is 2. The van der Waals surface area contributed by atoms with Crippen LogP contribution in [-0.4, -0.2) is 44.7 Å². The normalized spacial score (nSPS) is 22.9. The molecule has 1 heterocycles. The second kappa shape index (κ2) is 10.8. The predicted molar refractivity (Wildman–Crippen MR) is 130 cm³/mol. The number of benzene rings is 2. The van der Waals surface area contributed by atoms with Crippen LogP contribution in [0.25, 0.3) is 6.08 Å². The van der Waals surface area contributed by atoms with Crippen molar-refractivity contribution in [2.45, 2.75) is 37.8 Å². The standard InChI is InChI=1S/C26H29ClN2O5/c1-32-22-9-7-16(13-23(22)33-2)11-12-28-25(30)18-8-10-21-20(14-18)29-26(31)24(34-21)15-17-5-3-4-6-19(17)27/h3-7,9,13,15,18,20-21H,8,10-12,14H2,1-2H3,(H,28,30)(H,29,31)/b24-15-. The summed E-state index contributed by atoms with van der Waals surface area (Å²) in [5, 5.41) is 6.61. The zero-order valence-electron chi connectivity index (χ0n) is 19.3. The Morgan fingerprint density at radius 3 is 2.74 bits per heavy atom. The molecule has 2 aromatic carbocycles. The molecule has 1 aliphatic heterocycles. The second-order valence-corrected chi connectivity index (χ2v) is 8.91. The summed E-state index contributed by atoms with van der Waals surface area (Å²) in [4.78, 5) is 25.4. The van der Waals surface area contributed by atoms with Crippen LogP contribution in [0.5, 0.6) is 11.5 Å². The van der Waals surface area contributed by atoms with E-state index < -0.39 is 0 Å². The molecule has 34 heavy (non-hydrogen) atoms. The van der Waals surface area contributed by atoms with E-state index in [4.69, 9.17) is 25.8 Å². The van der Waals surface area contributed by atoms with E-state index >= 15 is 0 Å². The highest BCUT2D eigenvalue weighted by molar-refractivity contribution is 6.32. The first-order valence-electron chi connectivity index (χ1n) is 11.4. The smallest absolute Gasteiger partial charge is 0.286 e. The van der Waals surface area contributed by atoms with E-state index in [1.165, 1.54) is 0 Å². The van der Waals surface area contributed by atoms with Crippen molar-refractivity contribution < 1.29 is 23.8 Å². The van der Waals surface area contributed by atoms with Crippen molar-refractivity contribution in [3.05, 3.63) is 64.4 Å². The molecule has 3 atom stereocenters. The van der Waals surface area contributed by atoms with Crippen molar-refractivity contribution in [2.75, 3.05) is 20.8 Å². The number of hydrogen-bond donors (Lipinski definition) is 2. The van der Waals surface area contributed by atoms with Gasteiger partial charge in [0, 0.05) is 17.5 Å². The molecule has 0 bridgehead atoms. The van der Waals surface area contributed by atoms with E-state index in [1.807, 2.05) is 36.4 Å². The van der Waals surface area contributed by atoms with Gasteiger partial charge in [-0.1, -0.05) is 35.9 Å². The summed E-state index contributed by atoms with van der Waals surface area (Å²) >= 11 is 6.20. The van der Waals surface area contributed by atoms with Crippen LogP contribution < -0.4 is 20.1 Å². The van der Waals surface area contributed by atoms with Gasteiger partial charge in [-0.15, -0.1) is 0 Å².